The molecule has 0 atom stereocenters. The number of carbonyl (C=O) groups is 1. The first-order valence-corrected chi connectivity index (χ1v) is 7.74. The van der Waals surface area contributed by atoms with E-state index < -0.39 is 5.97 Å². The van der Waals surface area contributed by atoms with Gasteiger partial charge in [-0.1, -0.05) is 19.8 Å². The number of rotatable bonds is 5. The van der Waals surface area contributed by atoms with Gasteiger partial charge in [0.15, 0.2) is 0 Å². The van der Waals surface area contributed by atoms with Crippen molar-refractivity contribution in [3.63, 3.8) is 0 Å². The second-order valence-electron chi connectivity index (χ2n) is 5.80. The number of hydrogen-bond acceptors (Lipinski definition) is 5. The molecule has 0 saturated heterocycles. The summed E-state index contributed by atoms with van der Waals surface area (Å²) in [6.45, 7) is 2.25. The van der Waals surface area contributed by atoms with Crippen molar-refractivity contribution < 1.29 is 9.53 Å². The number of carbonyl (C=O) groups excluding carboxylic acids is 1. The summed E-state index contributed by atoms with van der Waals surface area (Å²) in [4.78, 5) is 15.9. The topological polar surface area (TPSA) is 77.2 Å². The van der Waals surface area contributed by atoms with Crippen molar-refractivity contribution in [2.45, 2.75) is 51.5 Å². The van der Waals surface area contributed by atoms with Crippen LogP contribution < -0.4 is 11.1 Å². The molecule has 1 aliphatic carbocycles. The Bertz CT molecular complexity index is 482. The molecule has 0 unspecified atom stereocenters. The lowest BCUT2D eigenvalue weighted by atomic mass is 9.83. The molecule has 0 spiro atoms. The summed E-state index contributed by atoms with van der Waals surface area (Å²) < 4.78 is 4.73. The molecule has 0 bridgehead atoms. The molecule has 3 N–H and O–H groups in total. The van der Waals surface area contributed by atoms with Crippen LogP contribution in [-0.2, 0) is 4.74 Å². The maximum atomic E-state index is 11.6. The Kier molecular flexibility index (Phi) is 5.42. The van der Waals surface area contributed by atoms with Gasteiger partial charge in [0, 0.05) is 6.04 Å². The molecule has 0 radical (unpaired) electrons. The van der Waals surface area contributed by atoms with Gasteiger partial charge in [-0.15, -0.1) is 0 Å². The largest absolute Gasteiger partial charge is 0.465 e. The van der Waals surface area contributed by atoms with E-state index in [1.165, 1.54) is 39.0 Å². The van der Waals surface area contributed by atoms with E-state index in [1.54, 1.807) is 6.07 Å². The van der Waals surface area contributed by atoms with E-state index in [-0.39, 0.29) is 0 Å². The number of pyridine rings is 1. The summed E-state index contributed by atoms with van der Waals surface area (Å²) in [7, 11) is 1.35. The van der Waals surface area contributed by atoms with Crippen LogP contribution in [0.4, 0.5) is 11.5 Å². The van der Waals surface area contributed by atoms with Crippen molar-refractivity contribution >= 4 is 17.5 Å². The van der Waals surface area contributed by atoms with Gasteiger partial charge in [0.2, 0.25) is 0 Å². The Morgan fingerprint density at radius 2 is 2.14 bits per heavy atom. The van der Waals surface area contributed by atoms with Crippen LogP contribution in [-0.4, -0.2) is 24.1 Å². The number of nitrogens with one attached hydrogen (secondary N) is 1. The number of nitrogens with two attached hydrogens (primary N) is 1. The molecular weight excluding hydrogens is 266 g/mol. The minimum Gasteiger partial charge on any atom is -0.465 e. The lowest BCUT2D eigenvalue weighted by Crippen LogP contribution is -2.26. The predicted molar refractivity (Wildman–Crippen MR) is 84.3 cm³/mol. The normalized spacial score (nSPS) is 21.8. The highest BCUT2D eigenvalue weighted by molar-refractivity contribution is 5.95. The highest BCUT2D eigenvalue weighted by atomic mass is 16.5. The monoisotopic (exact) mass is 291 g/mol. The molecule has 1 aromatic rings. The number of anilines is 2. The van der Waals surface area contributed by atoms with E-state index in [1.807, 2.05) is 0 Å². The average molecular weight is 291 g/mol. The fraction of sp³-hybridized carbons (Fsp3) is 0.625. The summed E-state index contributed by atoms with van der Waals surface area (Å²) in [5, 5.41) is 3.42. The molecule has 0 aromatic carbocycles. The summed E-state index contributed by atoms with van der Waals surface area (Å²) in [5.41, 5.74) is 6.48. The van der Waals surface area contributed by atoms with Gasteiger partial charge in [0.05, 0.1) is 24.6 Å². The zero-order chi connectivity index (χ0) is 15.2. The molecule has 0 aliphatic heterocycles. The van der Waals surface area contributed by atoms with E-state index in [9.17, 15) is 4.79 Å². The highest BCUT2D eigenvalue weighted by Gasteiger charge is 2.21. The number of nitrogens with zero attached hydrogens (tertiary/aromatic N) is 1. The standard InChI is InChI=1S/C16H25N3O2/c1-3-4-11-5-7-12(8-6-11)19-15-9-13(16(20)21-2)14(17)10-18-15/h9-12H,3-8,17H2,1-2H3,(H,18,19). The Balaban J connectivity index is 1.96. The van der Waals surface area contributed by atoms with Crippen LogP contribution >= 0.6 is 0 Å². The van der Waals surface area contributed by atoms with Crippen molar-refractivity contribution in [3.05, 3.63) is 17.8 Å². The van der Waals surface area contributed by atoms with Gasteiger partial charge >= 0.3 is 5.97 Å². The molecule has 1 aromatic heterocycles. The minimum absolute atomic E-state index is 0.346. The Morgan fingerprint density at radius 3 is 2.76 bits per heavy atom. The third-order valence-electron chi connectivity index (χ3n) is 4.24. The number of esters is 1. The van der Waals surface area contributed by atoms with Crippen molar-refractivity contribution in [1.82, 2.24) is 4.98 Å². The van der Waals surface area contributed by atoms with Gasteiger partial charge in [-0.2, -0.15) is 0 Å². The molecule has 1 fully saturated rings. The fourth-order valence-electron chi connectivity index (χ4n) is 3.04. The minimum atomic E-state index is -0.426. The van der Waals surface area contributed by atoms with Gasteiger partial charge in [-0.3, -0.25) is 0 Å². The maximum Gasteiger partial charge on any atom is 0.340 e. The van der Waals surface area contributed by atoms with Gasteiger partial charge in [-0.25, -0.2) is 9.78 Å². The van der Waals surface area contributed by atoms with Crippen molar-refractivity contribution in [1.29, 1.82) is 0 Å². The van der Waals surface area contributed by atoms with Crippen LogP contribution in [0.2, 0.25) is 0 Å². The molecule has 116 valence electrons. The van der Waals surface area contributed by atoms with Crippen molar-refractivity contribution in [3.8, 4) is 0 Å². The molecule has 1 saturated carbocycles. The van der Waals surface area contributed by atoms with Gasteiger partial charge in [0.1, 0.15) is 5.82 Å². The van der Waals surface area contributed by atoms with Crippen LogP contribution in [0, 0.1) is 5.92 Å². The number of nitrogen functional groups attached to an aromatic ring is 1. The van der Waals surface area contributed by atoms with Gasteiger partial charge in [0.25, 0.3) is 0 Å². The van der Waals surface area contributed by atoms with Crippen molar-refractivity contribution in [2.75, 3.05) is 18.2 Å². The first-order valence-electron chi connectivity index (χ1n) is 7.74. The van der Waals surface area contributed by atoms with Gasteiger partial charge < -0.3 is 15.8 Å². The zero-order valence-electron chi connectivity index (χ0n) is 12.9. The quantitative estimate of drug-likeness (QED) is 0.814. The van der Waals surface area contributed by atoms with E-state index >= 15 is 0 Å². The summed E-state index contributed by atoms with van der Waals surface area (Å²) in [6, 6.07) is 2.11. The number of hydrogen-bond donors (Lipinski definition) is 2. The third kappa shape index (κ3) is 4.09. The lowest BCUT2D eigenvalue weighted by Gasteiger charge is -2.29. The maximum absolute atomic E-state index is 11.6. The molecule has 5 heteroatoms. The Morgan fingerprint density at radius 1 is 1.43 bits per heavy atom. The second-order valence-corrected chi connectivity index (χ2v) is 5.80. The predicted octanol–water partition coefficient (Wildman–Crippen LogP) is 3.22. The molecule has 0 amide bonds. The Hall–Kier alpha value is -1.78. The summed E-state index contributed by atoms with van der Waals surface area (Å²) >= 11 is 0. The van der Waals surface area contributed by atoms with Crippen LogP contribution in [0.15, 0.2) is 12.3 Å². The second kappa shape index (κ2) is 7.29. The van der Waals surface area contributed by atoms with E-state index in [0.717, 1.165) is 18.8 Å². The molecule has 1 aliphatic rings. The van der Waals surface area contributed by atoms with Crippen LogP contribution in [0.1, 0.15) is 55.8 Å². The number of methoxy groups -OCH3 is 1. The third-order valence-corrected chi connectivity index (χ3v) is 4.24. The van der Waals surface area contributed by atoms with Gasteiger partial charge in [-0.05, 0) is 37.7 Å². The number of ether oxygens (including phenoxy) is 1. The molecule has 21 heavy (non-hydrogen) atoms. The van der Waals surface area contributed by atoms with Crippen molar-refractivity contribution in [2.24, 2.45) is 5.92 Å². The summed E-state index contributed by atoms with van der Waals surface area (Å²) in [5.74, 6) is 1.14. The molecular formula is C16H25N3O2. The highest BCUT2D eigenvalue weighted by Crippen LogP contribution is 2.29. The van der Waals surface area contributed by atoms with E-state index in [0.29, 0.717) is 23.1 Å². The van der Waals surface area contributed by atoms with Crippen LogP contribution in [0.5, 0.6) is 0 Å². The smallest absolute Gasteiger partial charge is 0.340 e. The molecule has 5 nitrogen and oxygen atoms in total. The first-order chi connectivity index (χ1) is 10.1. The fourth-order valence-corrected chi connectivity index (χ4v) is 3.04. The number of aromatic nitrogens is 1. The van der Waals surface area contributed by atoms with E-state index in [2.05, 4.69) is 17.2 Å². The SMILES string of the molecule is CCCC1CCC(Nc2cc(C(=O)OC)c(N)cn2)CC1. The summed E-state index contributed by atoms with van der Waals surface area (Å²) in [6.07, 6.45) is 8.96. The van der Waals surface area contributed by atoms with Crippen LogP contribution in [0.25, 0.3) is 0 Å². The first kappa shape index (κ1) is 15.6. The molecule has 2 rings (SSSR count). The Labute approximate surface area is 126 Å². The lowest BCUT2D eigenvalue weighted by molar-refractivity contribution is 0.0602. The zero-order valence-corrected chi connectivity index (χ0v) is 12.9. The van der Waals surface area contributed by atoms with Crippen LogP contribution in [0.3, 0.4) is 0 Å². The molecule has 1 heterocycles. The average Bonchev–Trinajstić information content (AvgIpc) is 2.50. The van der Waals surface area contributed by atoms with E-state index in [4.69, 9.17) is 10.5 Å².